The van der Waals surface area contributed by atoms with Gasteiger partial charge in [0.15, 0.2) is 12.2 Å². The Labute approximate surface area is 630 Å². The van der Waals surface area contributed by atoms with Crippen LogP contribution in [0.2, 0.25) is 0 Å². The quantitative estimate of drug-likeness (QED) is 0.0169. The van der Waals surface area contributed by atoms with E-state index >= 15 is 0 Å². The molecule has 0 rings (SSSR count). The van der Waals surface area contributed by atoms with Gasteiger partial charge in [-0.2, -0.15) is 0 Å². The summed E-state index contributed by atoms with van der Waals surface area (Å²) in [5.74, 6) is -2.37. The molecule has 0 saturated carbocycles. The minimum atomic E-state index is -5.01. The fourth-order valence-corrected chi connectivity index (χ4v) is 11.8. The maximum atomic E-state index is 13.1. The van der Waals surface area contributed by atoms with Crippen LogP contribution in [0.4, 0.5) is 0 Å². The Balaban J connectivity index is 5.46. The van der Waals surface area contributed by atoms with Crippen LogP contribution in [0.5, 0.6) is 0 Å². The first-order valence-electron chi connectivity index (χ1n) is 40.1. The molecule has 0 aromatic rings. The Bertz CT molecular complexity index is 2540. The topological polar surface area (TPSA) is 237 Å². The van der Waals surface area contributed by atoms with Crippen molar-refractivity contribution in [1.29, 1.82) is 0 Å². The van der Waals surface area contributed by atoms with Crippen molar-refractivity contribution >= 4 is 39.5 Å². The minimum Gasteiger partial charge on any atom is -0.462 e. The van der Waals surface area contributed by atoms with Gasteiger partial charge in [0.25, 0.3) is 0 Å². The van der Waals surface area contributed by atoms with Crippen molar-refractivity contribution in [2.24, 2.45) is 0 Å². The van der Waals surface area contributed by atoms with Crippen LogP contribution in [0.3, 0.4) is 0 Å². The summed E-state index contributed by atoms with van der Waals surface area (Å²) in [6, 6.07) is 0. The van der Waals surface area contributed by atoms with Gasteiger partial charge in [-0.05, 0) is 154 Å². The molecule has 5 atom stereocenters. The van der Waals surface area contributed by atoms with Crippen LogP contribution in [0, 0.1) is 0 Å². The fraction of sp³-hybridized carbons (Fsp3) is 0.671. The number of phosphoric acid groups is 2. The molecule has 594 valence electrons. The average molecular weight is 1500 g/mol. The van der Waals surface area contributed by atoms with E-state index in [0.29, 0.717) is 25.7 Å². The molecule has 0 aromatic heterocycles. The molecule has 5 unspecified atom stereocenters. The second-order valence-electron chi connectivity index (χ2n) is 26.3. The van der Waals surface area contributed by atoms with Gasteiger partial charge in [0.05, 0.1) is 32.8 Å². The van der Waals surface area contributed by atoms with Crippen LogP contribution in [0.25, 0.3) is 0 Å². The van der Waals surface area contributed by atoms with E-state index < -0.39 is 97.5 Å². The number of ether oxygens (including phenoxy) is 4. The van der Waals surface area contributed by atoms with Gasteiger partial charge < -0.3 is 33.8 Å². The lowest BCUT2D eigenvalue weighted by atomic mass is 10.1. The van der Waals surface area contributed by atoms with Gasteiger partial charge in [-0.25, -0.2) is 9.13 Å². The predicted octanol–water partition coefficient (Wildman–Crippen LogP) is 23.4. The molecule has 104 heavy (non-hydrogen) atoms. The Kier molecular flexibility index (Phi) is 72.4. The van der Waals surface area contributed by atoms with E-state index in [-0.39, 0.29) is 25.7 Å². The minimum absolute atomic E-state index is 0.0553. The van der Waals surface area contributed by atoms with Crippen LogP contribution in [0.15, 0.2) is 146 Å². The van der Waals surface area contributed by atoms with Gasteiger partial charge >= 0.3 is 39.5 Å². The first-order chi connectivity index (χ1) is 50.7. The lowest BCUT2D eigenvalue weighted by Crippen LogP contribution is -2.30. The molecule has 19 heteroatoms. The van der Waals surface area contributed by atoms with E-state index in [0.717, 1.165) is 173 Å². The zero-order chi connectivity index (χ0) is 76.0. The van der Waals surface area contributed by atoms with Crippen molar-refractivity contribution in [2.75, 3.05) is 39.6 Å². The molecule has 0 aliphatic carbocycles. The molecule has 0 saturated heterocycles. The highest BCUT2D eigenvalue weighted by molar-refractivity contribution is 7.47. The average Bonchev–Trinajstić information content (AvgIpc) is 0.912. The van der Waals surface area contributed by atoms with Gasteiger partial charge in [-0.15, -0.1) is 0 Å². The molecule has 0 aromatic carbocycles. The summed E-state index contributed by atoms with van der Waals surface area (Å²) >= 11 is 0. The smallest absolute Gasteiger partial charge is 0.462 e. The normalized spacial score (nSPS) is 14.6. The molecule has 0 radical (unpaired) electrons. The number of carbonyl (C=O) groups excluding carboxylic acids is 4. The van der Waals surface area contributed by atoms with Crippen LogP contribution >= 0.6 is 15.6 Å². The van der Waals surface area contributed by atoms with Gasteiger partial charge in [0.2, 0.25) is 0 Å². The summed E-state index contributed by atoms with van der Waals surface area (Å²) in [5.41, 5.74) is 0. The molecule has 0 fully saturated rings. The molecule has 0 bridgehead atoms. The summed E-state index contributed by atoms with van der Waals surface area (Å²) in [4.78, 5) is 73.0. The fourth-order valence-electron chi connectivity index (χ4n) is 10.2. The standard InChI is InChI=1S/C85H142O17P2/c1-5-9-13-17-21-25-29-33-37-38-39-40-44-46-50-54-58-62-66-70-83(88)96-76-81(102-85(90)72-68-64-60-56-52-48-43-36-32-28-24-20-16-12-8-4)78-100-104(93,94)98-74-79(86)73-97-103(91,92)99-77-80(101-84(89)71-67-63-59-55-51-47-42-35-31-27-23-19-15-11-7-3)75-95-82(87)69-65-61-57-53-49-45-41-34-30-26-22-18-14-10-6-2/h10,14,21-28,33-37,39-43,49,53,61,65,79-81,86H,5-9,11-13,15-20,29-32,38,44-48,50-52,54-60,62-64,66-78H2,1-4H3,(H,91,92)(H,93,94)/b14-10-,25-21-,26-22-,27-23-,28-24-,37-33-,40-39-,41-34-,42-35-,43-36-,53-49-,65-61-. The number of aliphatic hydroxyl groups excluding tert-OH is 1. The summed E-state index contributed by atoms with van der Waals surface area (Å²) in [6.07, 6.45) is 87.1. The van der Waals surface area contributed by atoms with Crippen molar-refractivity contribution in [3.05, 3.63) is 146 Å². The number of unbranched alkanes of at least 4 members (excludes halogenated alkanes) is 25. The maximum absolute atomic E-state index is 13.1. The van der Waals surface area contributed by atoms with Crippen molar-refractivity contribution in [1.82, 2.24) is 0 Å². The van der Waals surface area contributed by atoms with E-state index in [1.807, 2.05) is 18.2 Å². The third-order valence-corrected chi connectivity index (χ3v) is 18.2. The van der Waals surface area contributed by atoms with Crippen LogP contribution < -0.4 is 0 Å². The van der Waals surface area contributed by atoms with E-state index in [4.69, 9.17) is 37.0 Å². The Morgan fingerprint density at radius 2 is 0.538 bits per heavy atom. The number of hydrogen-bond donors (Lipinski definition) is 3. The number of rotatable bonds is 74. The largest absolute Gasteiger partial charge is 0.472 e. The predicted molar refractivity (Wildman–Crippen MR) is 427 cm³/mol. The Morgan fingerprint density at radius 3 is 0.856 bits per heavy atom. The number of esters is 4. The number of hydrogen-bond acceptors (Lipinski definition) is 15. The lowest BCUT2D eigenvalue weighted by Gasteiger charge is -2.21. The molecular formula is C85H142O17P2. The van der Waals surface area contributed by atoms with E-state index in [2.05, 4.69) is 149 Å². The molecule has 3 N–H and O–H groups in total. The second kappa shape index (κ2) is 76.1. The monoisotopic (exact) mass is 1500 g/mol. The highest BCUT2D eigenvalue weighted by atomic mass is 31.2. The number of phosphoric ester groups is 2. The lowest BCUT2D eigenvalue weighted by molar-refractivity contribution is -0.161. The molecule has 17 nitrogen and oxygen atoms in total. The third-order valence-electron chi connectivity index (χ3n) is 16.3. The van der Waals surface area contributed by atoms with Gasteiger partial charge in [0, 0.05) is 19.3 Å². The van der Waals surface area contributed by atoms with Crippen molar-refractivity contribution in [2.45, 2.75) is 329 Å². The van der Waals surface area contributed by atoms with E-state index in [1.165, 1.54) is 57.8 Å². The number of allylic oxidation sites excluding steroid dienone is 23. The summed E-state index contributed by atoms with van der Waals surface area (Å²) in [7, 11) is -10.0. The maximum Gasteiger partial charge on any atom is 0.472 e. The van der Waals surface area contributed by atoms with Crippen molar-refractivity contribution in [3.63, 3.8) is 0 Å². The van der Waals surface area contributed by atoms with Crippen LogP contribution in [0.1, 0.15) is 310 Å². The Hall–Kier alpha value is -5.06. The first kappa shape index (κ1) is 98.9. The zero-order valence-electron chi connectivity index (χ0n) is 64.9. The van der Waals surface area contributed by atoms with Gasteiger partial charge in [0.1, 0.15) is 19.3 Å². The number of carbonyl (C=O) groups is 4. The van der Waals surface area contributed by atoms with Crippen molar-refractivity contribution < 1.29 is 80.2 Å². The highest BCUT2D eigenvalue weighted by Gasteiger charge is 2.30. The Morgan fingerprint density at radius 1 is 0.288 bits per heavy atom. The number of aliphatic hydroxyl groups is 1. The van der Waals surface area contributed by atoms with Crippen LogP contribution in [-0.2, 0) is 65.4 Å². The molecule has 0 aliphatic rings. The molecule has 0 heterocycles. The summed E-state index contributed by atoms with van der Waals surface area (Å²) < 4.78 is 68.5. The first-order valence-corrected chi connectivity index (χ1v) is 43.1. The molecular weight excluding hydrogens is 1350 g/mol. The SMILES string of the molecule is CC/C=C\C/C=C\C/C=C\C/C=C\C/C=C\CC(=O)OCC(COP(=O)(O)OCC(O)COP(=O)(O)OCC(COC(=O)CCCCCCCC/C=C\C/C=C\C/C=C\CCCCC)OC(=O)CCCCCCC/C=C\C/C=C\CCCCC)OC(=O)CCCCCCC/C=C\C/C=C\CCCCC. The van der Waals surface area contributed by atoms with E-state index in [9.17, 15) is 43.2 Å². The van der Waals surface area contributed by atoms with E-state index in [1.54, 1.807) is 6.08 Å². The second-order valence-corrected chi connectivity index (χ2v) is 29.2. The molecule has 0 aliphatic heterocycles. The summed E-state index contributed by atoms with van der Waals surface area (Å²) in [5, 5.41) is 10.6. The summed E-state index contributed by atoms with van der Waals surface area (Å²) in [6.45, 7) is 4.52. The van der Waals surface area contributed by atoms with Crippen molar-refractivity contribution in [3.8, 4) is 0 Å². The van der Waals surface area contributed by atoms with Crippen LogP contribution in [-0.4, -0.2) is 96.7 Å². The zero-order valence-corrected chi connectivity index (χ0v) is 66.7. The molecule has 0 spiro atoms. The van der Waals surface area contributed by atoms with Gasteiger partial charge in [-0.3, -0.25) is 37.3 Å². The highest BCUT2D eigenvalue weighted by Crippen LogP contribution is 2.45. The molecule has 0 amide bonds. The third kappa shape index (κ3) is 75.2. The van der Waals surface area contributed by atoms with Gasteiger partial charge in [-0.1, -0.05) is 276 Å².